The fraction of sp³-hybridized carbons (Fsp3) is 0.469. The van der Waals surface area contributed by atoms with Crippen LogP contribution in [0.3, 0.4) is 0 Å². The minimum absolute atomic E-state index is 0.134. The summed E-state index contributed by atoms with van der Waals surface area (Å²) in [5, 5.41) is 7.76. The molecule has 44 heavy (non-hydrogen) atoms. The first-order chi connectivity index (χ1) is 21.0. The van der Waals surface area contributed by atoms with Gasteiger partial charge >= 0.3 is 6.18 Å². The van der Waals surface area contributed by atoms with E-state index in [1.807, 2.05) is 14.0 Å². The molecule has 0 radical (unpaired) electrons. The Morgan fingerprint density at radius 3 is 2.75 bits per heavy atom. The third kappa shape index (κ3) is 7.47. The predicted molar refractivity (Wildman–Crippen MR) is 167 cm³/mol. The van der Waals surface area contributed by atoms with Crippen molar-refractivity contribution in [3.05, 3.63) is 64.4 Å². The summed E-state index contributed by atoms with van der Waals surface area (Å²) in [7, 11) is 1.95. The summed E-state index contributed by atoms with van der Waals surface area (Å²) in [6, 6.07) is 6.11. The number of aromatic nitrogens is 2. The molecular formula is C32H37F4N5O2S. The van der Waals surface area contributed by atoms with Crippen LogP contribution >= 0.6 is 11.3 Å². The van der Waals surface area contributed by atoms with Crippen LogP contribution < -0.4 is 10.6 Å². The minimum atomic E-state index is -4.69. The van der Waals surface area contributed by atoms with E-state index in [0.717, 1.165) is 17.8 Å². The van der Waals surface area contributed by atoms with Crippen molar-refractivity contribution in [3.8, 4) is 0 Å². The van der Waals surface area contributed by atoms with Crippen molar-refractivity contribution in [2.75, 3.05) is 45.2 Å². The standard InChI is InChI=1S/C32H37F4N5O2S/c1-19-18-41(3)13-9-26(28(19)33)40-25-8-4-7-23-24(25)16-22(39-29(23)20(2)32(34,35)36)6-5-12-37-30(42)27-17-38-31(44-27)21-10-14-43-15-11-21/h4-8,16-17,19,21,26,28,40H,2,9-15,18H2,1,3H3,(H,37,42)/b6-5+/t19?,26-,28+/m1/s1. The summed E-state index contributed by atoms with van der Waals surface area (Å²) in [4.78, 5) is 24.0. The molecule has 0 saturated carbocycles. The van der Waals surface area contributed by atoms with Crippen LogP contribution in [0.4, 0.5) is 23.2 Å². The first-order valence-electron chi connectivity index (χ1n) is 14.8. The Labute approximate surface area is 258 Å². The quantitative estimate of drug-likeness (QED) is 0.270. The number of fused-ring (bicyclic) bond motifs is 1. The van der Waals surface area contributed by atoms with Crippen molar-refractivity contribution < 1.29 is 27.1 Å². The molecule has 0 bridgehead atoms. The second-order valence-corrected chi connectivity index (χ2v) is 12.6. The van der Waals surface area contributed by atoms with Gasteiger partial charge in [-0.2, -0.15) is 13.2 Å². The molecule has 2 fully saturated rings. The van der Waals surface area contributed by atoms with Gasteiger partial charge in [-0.05, 0) is 51.1 Å². The number of alkyl halides is 4. The van der Waals surface area contributed by atoms with Crippen LogP contribution in [0.25, 0.3) is 22.4 Å². The fourth-order valence-corrected chi connectivity index (χ4v) is 6.77. The maximum atomic E-state index is 15.4. The molecule has 2 saturated heterocycles. The number of nitrogens with one attached hydrogen (secondary N) is 2. The Kier molecular flexibility index (Phi) is 10.0. The summed E-state index contributed by atoms with van der Waals surface area (Å²) in [6.07, 6.45) is 1.24. The number of amides is 1. The largest absolute Gasteiger partial charge is 0.417 e. The fourth-order valence-electron chi connectivity index (χ4n) is 5.77. The molecule has 5 rings (SSSR count). The molecule has 1 aromatic carbocycles. The third-order valence-electron chi connectivity index (χ3n) is 8.20. The number of carbonyl (C=O) groups is 1. The highest BCUT2D eigenvalue weighted by Crippen LogP contribution is 2.38. The molecule has 2 aromatic heterocycles. The zero-order valence-corrected chi connectivity index (χ0v) is 25.6. The van der Waals surface area contributed by atoms with E-state index >= 15 is 4.39 Å². The summed E-state index contributed by atoms with van der Waals surface area (Å²) >= 11 is 1.36. The lowest BCUT2D eigenvalue weighted by molar-refractivity contribution is -0.0688. The first-order valence-corrected chi connectivity index (χ1v) is 15.6. The smallest absolute Gasteiger partial charge is 0.381 e. The average molecular weight is 632 g/mol. The number of halogens is 4. The van der Waals surface area contributed by atoms with Crippen LogP contribution in [0.2, 0.25) is 0 Å². The van der Waals surface area contributed by atoms with Crippen molar-refractivity contribution in [1.29, 1.82) is 0 Å². The first kappa shape index (κ1) is 32.1. The molecule has 2 N–H and O–H groups in total. The van der Waals surface area contributed by atoms with Gasteiger partial charge in [0.15, 0.2) is 0 Å². The van der Waals surface area contributed by atoms with Crippen molar-refractivity contribution in [2.45, 2.75) is 50.5 Å². The van der Waals surface area contributed by atoms with E-state index in [4.69, 9.17) is 4.74 Å². The number of hydrogen-bond donors (Lipinski definition) is 2. The summed E-state index contributed by atoms with van der Waals surface area (Å²) in [5.41, 5.74) is -0.578. The lowest BCUT2D eigenvalue weighted by Crippen LogP contribution is -2.35. The van der Waals surface area contributed by atoms with E-state index in [2.05, 4.69) is 32.1 Å². The zero-order valence-electron chi connectivity index (χ0n) is 24.8. The molecular weight excluding hydrogens is 594 g/mol. The molecule has 1 unspecified atom stereocenters. The number of rotatable bonds is 8. The molecule has 0 spiro atoms. The Morgan fingerprint density at radius 1 is 1.23 bits per heavy atom. The van der Waals surface area contributed by atoms with E-state index in [1.54, 1.807) is 42.6 Å². The van der Waals surface area contributed by atoms with E-state index in [9.17, 15) is 18.0 Å². The van der Waals surface area contributed by atoms with Crippen LogP contribution in [0.5, 0.6) is 0 Å². The predicted octanol–water partition coefficient (Wildman–Crippen LogP) is 6.69. The number of ether oxygens (including phenoxy) is 1. The summed E-state index contributed by atoms with van der Waals surface area (Å²) < 4.78 is 62.3. The van der Waals surface area contributed by atoms with E-state index < -0.39 is 24.0 Å². The number of hydrogen-bond acceptors (Lipinski definition) is 7. The SMILES string of the molecule is C=C(c1nc(/C=C/CNC(=O)c2cnc(C3CCOCC3)s2)cc2c(N[C@@H]3CCN(C)CC(C)[C@@H]3F)cccc12)C(F)(F)F. The minimum Gasteiger partial charge on any atom is -0.381 e. The normalized spacial score (nSPS) is 22.3. The summed E-state index contributed by atoms with van der Waals surface area (Å²) in [5.74, 6) is -0.194. The Morgan fingerprint density at radius 2 is 2.00 bits per heavy atom. The van der Waals surface area contributed by atoms with Crippen LogP contribution in [0.15, 0.2) is 43.1 Å². The van der Waals surface area contributed by atoms with Gasteiger partial charge < -0.3 is 20.3 Å². The lowest BCUT2D eigenvalue weighted by atomic mass is 9.97. The second-order valence-electron chi connectivity index (χ2n) is 11.6. The van der Waals surface area contributed by atoms with E-state index in [1.165, 1.54) is 11.3 Å². The average Bonchev–Trinajstić information content (AvgIpc) is 3.47. The number of anilines is 1. The van der Waals surface area contributed by atoms with Gasteiger partial charge in [0, 0.05) is 54.6 Å². The summed E-state index contributed by atoms with van der Waals surface area (Å²) in [6.45, 7) is 7.98. The monoisotopic (exact) mass is 631 g/mol. The van der Waals surface area contributed by atoms with Crippen molar-refractivity contribution >= 4 is 45.4 Å². The second kappa shape index (κ2) is 13.7. The van der Waals surface area contributed by atoms with E-state index in [0.29, 0.717) is 48.7 Å². The van der Waals surface area contributed by atoms with E-state index in [-0.39, 0.29) is 41.1 Å². The van der Waals surface area contributed by atoms with Gasteiger partial charge in [0.2, 0.25) is 0 Å². The highest BCUT2D eigenvalue weighted by atomic mass is 32.1. The number of benzene rings is 1. The van der Waals surface area contributed by atoms with Crippen molar-refractivity contribution in [3.63, 3.8) is 0 Å². The highest BCUT2D eigenvalue weighted by molar-refractivity contribution is 7.13. The van der Waals surface area contributed by atoms with Gasteiger partial charge in [0.25, 0.3) is 5.91 Å². The zero-order chi connectivity index (χ0) is 31.4. The molecule has 2 aliphatic heterocycles. The van der Waals surface area contributed by atoms with Crippen LogP contribution in [0.1, 0.15) is 58.2 Å². The van der Waals surface area contributed by atoms with Crippen molar-refractivity contribution in [2.24, 2.45) is 5.92 Å². The highest BCUT2D eigenvalue weighted by Gasteiger charge is 2.35. The number of nitrogens with zero attached hydrogens (tertiary/aromatic N) is 3. The molecule has 1 amide bonds. The van der Waals surface area contributed by atoms with Gasteiger partial charge in [0.1, 0.15) is 11.0 Å². The number of likely N-dealkylation sites (tertiary alicyclic amines) is 1. The van der Waals surface area contributed by atoms with Gasteiger partial charge in [-0.3, -0.25) is 4.79 Å². The maximum absolute atomic E-state index is 15.4. The Hall–Kier alpha value is -3.35. The molecule has 7 nitrogen and oxygen atoms in total. The molecule has 12 heteroatoms. The Balaban J connectivity index is 1.36. The molecule has 4 heterocycles. The molecule has 3 atom stereocenters. The van der Waals surface area contributed by atoms with Gasteiger partial charge in [-0.15, -0.1) is 11.3 Å². The van der Waals surface area contributed by atoms with Crippen LogP contribution in [-0.2, 0) is 4.74 Å². The van der Waals surface area contributed by atoms with Crippen molar-refractivity contribution in [1.82, 2.24) is 20.2 Å². The third-order valence-corrected chi connectivity index (χ3v) is 9.36. The van der Waals surface area contributed by atoms with Crippen LogP contribution in [-0.4, -0.2) is 79.1 Å². The number of thiazole rings is 1. The number of allylic oxidation sites excluding steroid dienone is 1. The van der Waals surface area contributed by atoms with Gasteiger partial charge in [0.05, 0.1) is 34.2 Å². The van der Waals surface area contributed by atoms with Gasteiger partial charge in [-0.25, -0.2) is 14.4 Å². The Bertz CT molecular complexity index is 1520. The maximum Gasteiger partial charge on any atom is 0.417 e. The molecule has 3 aromatic rings. The topological polar surface area (TPSA) is 79.4 Å². The van der Waals surface area contributed by atoms with Gasteiger partial charge in [-0.1, -0.05) is 31.7 Å². The molecule has 0 aliphatic carbocycles. The lowest BCUT2D eigenvalue weighted by Gasteiger charge is -2.25. The number of pyridine rings is 1. The molecule has 2 aliphatic rings. The van der Waals surface area contributed by atoms with Crippen LogP contribution in [0, 0.1) is 5.92 Å². The molecule has 236 valence electrons. The number of carbonyl (C=O) groups excluding carboxylic acids is 1.